The number of hydrogen-bond acceptors (Lipinski definition) is 4. The fourth-order valence-electron chi connectivity index (χ4n) is 3.82. The van der Waals surface area contributed by atoms with Gasteiger partial charge in [0.2, 0.25) is 5.91 Å². The van der Waals surface area contributed by atoms with Crippen LogP contribution in [0.1, 0.15) is 42.7 Å². The molecule has 0 saturated heterocycles. The van der Waals surface area contributed by atoms with E-state index in [1.165, 1.54) is 12.1 Å². The molecule has 2 N–H and O–H groups in total. The van der Waals surface area contributed by atoms with Gasteiger partial charge in [-0.2, -0.15) is 0 Å². The molecule has 36 heavy (non-hydrogen) atoms. The Kier molecular flexibility index (Phi) is 7.24. The normalized spacial score (nSPS) is 11.8. The molecule has 0 unspecified atom stereocenters. The third kappa shape index (κ3) is 5.49. The summed E-state index contributed by atoms with van der Waals surface area (Å²) in [6.45, 7) is 5.49. The van der Waals surface area contributed by atoms with Gasteiger partial charge in [-0.05, 0) is 55.0 Å². The maximum absolute atomic E-state index is 13.3. The third-order valence-electron chi connectivity index (χ3n) is 5.90. The number of halogens is 1. The van der Waals surface area contributed by atoms with Gasteiger partial charge < -0.3 is 15.2 Å². The lowest BCUT2D eigenvalue weighted by Gasteiger charge is -2.22. The summed E-state index contributed by atoms with van der Waals surface area (Å²) in [5.41, 5.74) is 3.82. The van der Waals surface area contributed by atoms with Crippen molar-refractivity contribution in [3.63, 3.8) is 0 Å². The smallest absolute Gasteiger partial charge is 0.251 e. The van der Waals surface area contributed by atoms with Crippen LogP contribution in [-0.2, 0) is 4.79 Å². The number of aromatic nitrogens is 3. The Labute approximate surface area is 209 Å². The van der Waals surface area contributed by atoms with Crippen LogP contribution in [0.3, 0.4) is 0 Å². The van der Waals surface area contributed by atoms with E-state index < -0.39 is 0 Å². The van der Waals surface area contributed by atoms with E-state index in [2.05, 4.69) is 20.3 Å². The number of benzene rings is 2. The lowest BCUT2D eigenvalue weighted by Crippen LogP contribution is -2.31. The molecule has 4 rings (SSSR count). The first-order valence-electron chi connectivity index (χ1n) is 11.7. The Bertz CT molecular complexity index is 1370. The lowest BCUT2D eigenvalue weighted by molar-refractivity contribution is -0.121. The summed E-state index contributed by atoms with van der Waals surface area (Å²) in [6, 6.07) is 16.5. The zero-order chi connectivity index (χ0) is 25.8. The second-order valence-electron chi connectivity index (χ2n) is 8.93. The Hall–Kier alpha value is -4.33. The predicted octanol–water partition coefficient (Wildman–Crippen LogP) is 5.39. The molecule has 8 heteroatoms. The van der Waals surface area contributed by atoms with Gasteiger partial charge in [0, 0.05) is 36.0 Å². The maximum Gasteiger partial charge on any atom is 0.251 e. The van der Waals surface area contributed by atoms with Crippen molar-refractivity contribution < 1.29 is 14.0 Å². The zero-order valence-electron chi connectivity index (χ0n) is 20.6. The number of rotatable bonds is 7. The Balaban J connectivity index is 1.69. The first kappa shape index (κ1) is 24.8. The highest BCUT2D eigenvalue weighted by atomic mass is 19.1. The summed E-state index contributed by atoms with van der Waals surface area (Å²) in [6.07, 6.45) is 3.37. The third-order valence-corrected chi connectivity index (χ3v) is 5.90. The van der Waals surface area contributed by atoms with Gasteiger partial charge in [0.05, 0.1) is 17.9 Å². The van der Waals surface area contributed by atoms with Gasteiger partial charge >= 0.3 is 0 Å². The molecule has 0 aliphatic rings. The van der Waals surface area contributed by atoms with Crippen molar-refractivity contribution in [3.8, 4) is 22.8 Å². The first-order valence-corrected chi connectivity index (χ1v) is 11.7. The van der Waals surface area contributed by atoms with E-state index in [0.717, 1.165) is 5.56 Å². The molecular weight excluding hydrogens is 457 g/mol. The van der Waals surface area contributed by atoms with Crippen molar-refractivity contribution >= 4 is 17.5 Å². The van der Waals surface area contributed by atoms with Crippen molar-refractivity contribution in [2.75, 3.05) is 11.9 Å². The monoisotopic (exact) mass is 485 g/mol. The predicted molar refractivity (Wildman–Crippen MR) is 138 cm³/mol. The average molecular weight is 486 g/mol. The number of amides is 2. The molecule has 0 radical (unpaired) electrons. The van der Waals surface area contributed by atoms with Gasteiger partial charge in [-0.25, -0.2) is 9.37 Å². The summed E-state index contributed by atoms with van der Waals surface area (Å²) in [4.78, 5) is 39.5. The van der Waals surface area contributed by atoms with E-state index in [1.54, 1.807) is 48.6 Å². The molecule has 1 atom stereocenters. The number of carbonyl (C=O) groups excluding carboxylic acids is 2. The highest BCUT2D eigenvalue weighted by Crippen LogP contribution is 2.28. The van der Waals surface area contributed by atoms with E-state index >= 15 is 0 Å². The summed E-state index contributed by atoms with van der Waals surface area (Å²) in [7, 11) is 1.69. The number of hydrogen-bond donors (Lipinski definition) is 2. The largest absolute Gasteiger partial charge is 0.346 e. The number of anilines is 1. The number of pyridine rings is 1. The van der Waals surface area contributed by atoms with Gasteiger partial charge in [0.25, 0.3) is 5.91 Å². The minimum atomic E-state index is -0.344. The SMILES string of the molecule is CC(C)C(=O)N(C)c1cc(C(=O)N[C@H](C)c2ccc(F)cc2)cc(-c2cnc(-c3ccccn3)[nH]2)c1. The van der Waals surface area contributed by atoms with Crippen LogP contribution in [0.2, 0.25) is 0 Å². The molecule has 4 aromatic rings. The van der Waals surface area contributed by atoms with Crippen LogP contribution in [0.5, 0.6) is 0 Å². The Morgan fingerprint density at radius 1 is 1.00 bits per heavy atom. The molecular formula is C28H28FN5O2. The van der Waals surface area contributed by atoms with Crippen molar-refractivity contribution in [3.05, 3.63) is 90.0 Å². The van der Waals surface area contributed by atoms with Crippen LogP contribution in [0.25, 0.3) is 22.8 Å². The minimum Gasteiger partial charge on any atom is -0.346 e. The molecule has 0 aliphatic heterocycles. The second kappa shape index (κ2) is 10.5. The summed E-state index contributed by atoms with van der Waals surface area (Å²) >= 11 is 0. The van der Waals surface area contributed by atoms with Crippen LogP contribution in [0.4, 0.5) is 10.1 Å². The lowest BCUT2D eigenvalue weighted by atomic mass is 10.0. The van der Waals surface area contributed by atoms with Crippen LogP contribution in [0, 0.1) is 11.7 Å². The maximum atomic E-state index is 13.3. The minimum absolute atomic E-state index is 0.0722. The van der Waals surface area contributed by atoms with Crippen molar-refractivity contribution in [2.45, 2.75) is 26.8 Å². The van der Waals surface area contributed by atoms with Crippen LogP contribution < -0.4 is 10.2 Å². The summed E-state index contributed by atoms with van der Waals surface area (Å²) in [5.74, 6) is -0.338. The number of carbonyl (C=O) groups is 2. The van der Waals surface area contributed by atoms with Crippen molar-refractivity contribution in [1.29, 1.82) is 0 Å². The number of aromatic amines is 1. The van der Waals surface area contributed by atoms with Gasteiger partial charge in [-0.1, -0.05) is 32.0 Å². The van der Waals surface area contributed by atoms with Gasteiger partial charge in [-0.15, -0.1) is 0 Å². The molecule has 2 amide bonds. The molecule has 0 saturated carbocycles. The average Bonchev–Trinajstić information content (AvgIpc) is 3.39. The molecule has 2 aromatic carbocycles. The zero-order valence-corrected chi connectivity index (χ0v) is 20.6. The second-order valence-corrected chi connectivity index (χ2v) is 8.93. The number of nitrogens with zero attached hydrogens (tertiary/aromatic N) is 3. The van der Waals surface area contributed by atoms with Gasteiger partial charge in [0.15, 0.2) is 5.82 Å². The van der Waals surface area contributed by atoms with Crippen LogP contribution in [-0.4, -0.2) is 33.8 Å². The van der Waals surface area contributed by atoms with Gasteiger partial charge in [0.1, 0.15) is 11.5 Å². The quantitative estimate of drug-likeness (QED) is 0.367. The van der Waals surface area contributed by atoms with Gasteiger partial charge in [-0.3, -0.25) is 14.6 Å². The number of nitrogens with one attached hydrogen (secondary N) is 2. The Morgan fingerprint density at radius 3 is 2.42 bits per heavy atom. The Morgan fingerprint density at radius 2 is 1.75 bits per heavy atom. The molecule has 2 aromatic heterocycles. The number of imidazole rings is 1. The highest BCUT2D eigenvalue weighted by molar-refractivity contribution is 6.00. The molecule has 0 bridgehead atoms. The van der Waals surface area contributed by atoms with Crippen LogP contribution >= 0.6 is 0 Å². The topological polar surface area (TPSA) is 91.0 Å². The highest BCUT2D eigenvalue weighted by Gasteiger charge is 2.20. The van der Waals surface area contributed by atoms with E-state index in [-0.39, 0.29) is 29.6 Å². The van der Waals surface area contributed by atoms with E-state index in [1.807, 2.05) is 45.0 Å². The molecule has 0 aliphatic carbocycles. The van der Waals surface area contributed by atoms with E-state index in [0.29, 0.717) is 34.0 Å². The van der Waals surface area contributed by atoms with Crippen LogP contribution in [0.15, 0.2) is 73.1 Å². The van der Waals surface area contributed by atoms with Crippen molar-refractivity contribution in [2.24, 2.45) is 5.92 Å². The van der Waals surface area contributed by atoms with Crippen molar-refractivity contribution in [1.82, 2.24) is 20.3 Å². The molecule has 2 heterocycles. The fourth-order valence-corrected chi connectivity index (χ4v) is 3.82. The summed E-state index contributed by atoms with van der Waals surface area (Å²) < 4.78 is 13.3. The first-order chi connectivity index (χ1) is 17.2. The van der Waals surface area contributed by atoms with E-state index in [4.69, 9.17) is 0 Å². The molecule has 0 fully saturated rings. The summed E-state index contributed by atoms with van der Waals surface area (Å²) in [5, 5.41) is 2.96. The fraction of sp³-hybridized carbons (Fsp3) is 0.214. The van der Waals surface area contributed by atoms with E-state index in [9.17, 15) is 14.0 Å². The number of H-pyrrole nitrogens is 1. The standard InChI is InChI=1S/C28H28FN5O2/c1-17(2)28(36)34(4)23-14-20(25-16-31-26(33-25)24-7-5-6-12-30-24)13-21(15-23)27(35)32-18(3)19-8-10-22(29)11-9-19/h5-18H,1-4H3,(H,31,33)(H,32,35)/t18-/m1/s1. The molecule has 7 nitrogen and oxygen atoms in total. The molecule has 184 valence electrons. The molecule has 0 spiro atoms.